The number of anilines is 1. The number of fused-ring (bicyclic) bond motifs is 1. The molecule has 2 aromatic carbocycles. The molecule has 8 heteroatoms. The molecule has 1 aromatic heterocycles. The van der Waals surface area contributed by atoms with Crippen LogP contribution in [0, 0.1) is 5.82 Å². The number of carbonyl (C=O) groups is 2. The van der Waals surface area contributed by atoms with Crippen molar-refractivity contribution in [1.29, 1.82) is 0 Å². The first kappa shape index (κ1) is 23.5. The third-order valence-corrected chi connectivity index (χ3v) is 7.80. The molecule has 2 aliphatic heterocycles. The Kier molecular flexibility index (Phi) is 6.83. The Morgan fingerprint density at radius 3 is 2.49 bits per heavy atom. The predicted molar refractivity (Wildman–Crippen MR) is 134 cm³/mol. The molecule has 6 nitrogen and oxygen atoms in total. The number of para-hydroxylation sites is 1. The van der Waals surface area contributed by atoms with Gasteiger partial charge in [-0.25, -0.2) is 4.39 Å². The number of nitrogens with zero attached hydrogens (tertiary/aromatic N) is 3. The van der Waals surface area contributed by atoms with Crippen molar-refractivity contribution >= 4 is 28.8 Å². The number of methoxy groups -OCH3 is 1. The number of amides is 2. The Labute approximate surface area is 208 Å². The van der Waals surface area contributed by atoms with Crippen LogP contribution in [0.1, 0.15) is 32.8 Å². The van der Waals surface area contributed by atoms with Crippen molar-refractivity contribution in [2.45, 2.75) is 12.0 Å². The fourth-order valence-corrected chi connectivity index (χ4v) is 6.02. The topological polar surface area (TPSA) is 53.1 Å². The highest BCUT2D eigenvalue weighted by Crippen LogP contribution is 2.45. The van der Waals surface area contributed by atoms with Crippen molar-refractivity contribution in [3.05, 3.63) is 87.9 Å². The number of benzene rings is 2. The lowest BCUT2D eigenvalue weighted by Crippen LogP contribution is -2.53. The van der Waals surface area contributed by atoms with Crippen molar-refractivity contribution < 1.29 is 18.7 Å². The molecule has 0 saturated carbocycles. The summed E-state index contributed by atoms with van der Waals surface area (Å²) in [4.78, 5) is 34.3. The standard InChI is InChI=1S/C27H28FN3O3S/c1-34-17-16-31-25(23-11-6-18-35-23)24(19-7-2-3-8-20(19)26(31)32)27(33)30-14-12-29(13-15-30)22-10-5-4-9-21(22)28/h2-11,18,24-25H,12-17H2,1H3. The largest absolute Gasteiger partial charge is 0.383 e. The number of hydrogen-bond donors (Lipinski definition) is 0. The zero-order chi connectivity index (χ0) is 24.4. The minimum Gasteiger partial charge on any atom is -0.383 e. The number of carbonyl (C=O) groups excluding carboxylic acids is 2. The predicted octanol–water partition coefficient (Wildman–Crippen LogP) is 4.16. The van der Waals surface area contributed by atoms with Crippen molar-refractivity contribution in [2.24, 2.45) is 0 Å². The summed E-state index contributed by atoms with van der Waals surface area (Å²) in [6.45, 7) is 2.88. The van der Waals surface area contributed by atoms with E-state index in [1.807, 2.05) is 51.6 Å². The normalized spacial score (nSPS) is 20.2. The summed E-state index contributed by atoms with van der Waals surface area (Å²) >= 11 is 1.56. The van der Waals surface area contributed by atoms with E-state index in [4.69, 9.17) is 4.74 Å². The maximum absolute atomic E-state index is 14.3. The average molecular weight is 494 g/mol. The van der Waals surface area contributed by atoms with Crippen molar-refractivity contribution in [1.82, 2.24) is 9.80 Å². The van der Waals surface area contributed by atoms with E-state index in [-0.39, 0.29) is 17.6 Å². The summed E-state index contributed by atoms with van der Waals surface area (Å²) in [7, 11) is 1.61. The third-order valence-electron chi connectivity index (χ3n) is 6.86. The van der Waals surface area contributed by atoms with Gasteiger partial charge in [0, 0.05) is 50.3 Å². The van der Waals surface area contributed by atoms with Gasteiger partial charge in [-0.2, -0.15) is 0 Å². The highest BCUT2D eigenvalue weighted by Gasteiger charge is 2.46. The van der Waals surface area contributed by atoms with Crippen LogP contribution in [0.15, 0.2) is 66.0 Å². The van der Waals surface area contributed by atoms with Gasteiger partial charge in [0.2, 0.25) is 5.91 Å². The molecule has 2 unspecified atom stereocenters. The van der Waals surface area contributed by atoms with Crippen LogP contribution >= 0.6 is 11.3 Å². The molecule has 0 radical (unpaired) electrons. The van der Waals surface area contributed by atoms with Crippen LogP contribution in [0.4, 0.5) is 10.1 Å². The van der Waals surface area contributed by atoms with Crippen molar-refractivity contribution in [2.75, 3.05) is 51.3 Å². The lowest BCUT2D eigenvalue weighted by atomic mass is 9.81. The van der Waals surface area contributed by atoms with Gasteiger partial charge in [-0.1, -0.05) is 36.4 Å². The first-order valence-electron chi connectivity index (χ1n) is 11.8. The molecule has 182 valence electrons. The summed E-state index contributed by atoms with van der Waals surface area (Å²) in [5.74, 6) is -0.846. The number of rotatable bonds is 6. The Balaban J connectivity index is 1.46. The SMILES string of the molecule is COCCN1C(=O)c2ccccc2C(C(=O)N2CCN(c3ccccc3F)CC2)C1c1cccs1. The molecule has 2 atom stereocenters. The van der Waals surface area contributed by atoms with Crippen LogP contribution in [0.3, 0.4) is 0 Å². The first-order valence-corrected chi connectivity index (χ1v) is 12.7. The van der Waals surface area contributed by atoms with Crippen molar-refractivity contribution in [3.63, 3.8) is 0 Å². The summed E-state index contributed by atoms with van der Waals surface area (Å²) in [6, 6.07) is 17.7. The number of piperazine rings is 1. The third kappa shape index (κ3) is 4.44. The number of halogens is 1. The molecule has 0 N–H and O–H groups in total. The highest BCUT2D eigenvalue weighted by molar-refractivity contribution is 7.10. The summed E-state index contributed by atoms with van der Waals surface area (Å²) < 4.78 is 19.6. The Bertz CT molecular complexity index is 1190. The maximum atomic E-state index is 14.3. The molecular weight excluding hydrogens is 465 g/mol. The summed E-state index contributed by atoms with van der Waals surface area (Å²) in [5, 5.41) is 1.98. The van der Waals surface area contributed by atoms with E-state index in [0.29, 0.717) is 50.6 Å². The van der Waals surface area contributed by atoms with Gasteiger partial charge >= 0.3 is 0 Å². The first-order chi connectivity index (χ1) is 17.1. The quantitative estimate of drug-likeness (QED) is 0.518. The van der Waals surface area contributed by atoms with Crippen LogP contribution < -0.4 is 4.90 Å². The van der Waals surface area contributed by atoms with Gasteiger partial charge in [-0.3, -0.25) is 9.59 Å². The van der Waals surface area contributed by atoms with Crippen LogP contribution in [-0.4, -0.2) is 68.1 Å². The van der Waals surface area contributed by atoms with E-state index in [1.54, 1.807) is 41.5 Å². The Morgan fingerprint density at radius 2 is 1.77 bits per heavy atom. The van der Waals surface area contributed by atoms with Crippen LogP contribution in [-0.2, 0) is 9.53 Å². The number of ether oxygens (including phenoxy) is 1. The lowest BCUT2D eigenvalue weighted by molar-refractivity contribution is -0.135. The molecule has 2 aliphatic rings. The van der Waals surface area contributed by atoms with Crippen LogP contribution in [0.25, 0.3) is 0 Å². The molecule has 2 amide bonds. The van der Waals surface area contributed by atoms with Gasteiger partial charge in [-0.05, 0) is 35.2 Å². The Morgan fingerprint density at radius 1 is 1.03 bits per heavy atom. The average Bonchev–Trinajstić information content (AvgIpc) is 3.43. The molecule has 0 bridgehead atoms. The molecule has 5 rings (SSSR count). The van der Waals surface area contributed by atoms with Crippen molar-refractivity contribution in [3.8, 4) is 0 Å². The molecule has 0 aliphatic carbocycles. The number of thiophene rings is 1. The zero-order valence-electron chi connectivity index (χ0n) is 19.6. The molecule has 1 saturated heterocycles. The second kappa shape index (κ2) is 10.2. The fraction of sp³-hybridized carbons (Fsp3) is 0.333. The second-order valence-corrected chi connectivity index (χ2v) is 9.76. The van der Waals surface area contributed by atoms with Gasteiger partial charge in [0.05, 0.1) is 24.3 Å². The molecule has 35 heavy (non-hydrogen) atoms. The minimum absolute atomic E-state index is 0.000972. The van der Waals surface area contributed by atoms with Gasteiger partial charge in [0.1, 0.15) is 5.82 Å². The van der Waals surface area contributed by atoms with Gasteiger partial charge in [0.25, 0.3) is 5.91 Å². The van der Waals surface area contributed by atoms with E-state index in [2.05, 4.69) is 0 Å². The monoisotopic (exact) mass is 493 g/mol. The van der Waals surface area contributed by atoms with E-state index in [9.17, 15) is 14.0 Å². The van der Waals surface area contributed by atoms with E-state index in [0.717, 1.165) is 10.4 Å². The molecular formula is C27H28FN3O3S. The van der Waals surface area contributed by atoms with Gasteiger partial charge < -0.3 is 19.4 Å². The lowest BCUT2D eigenvalue weighted by Gasteiger charge is -2.44. The van der Waals surface area contributed by atoms with E-state index >= 15 is 0 Å². The highest BCUT2D eigenvalue weighted by atomic mass is 32.1. The molecule has 3 heterocycles. The molecule has 3 aromatic rings. The second-order valence-electron chi connectivity index (χ2n) is 8.78. The summed E-state index contributed by atoms with van der Waals surface area (Å²) in [6.07, 6.45) is 0. The van der Waals surface area contributed by atoms with Crippen LogP contribution in [0.5, 0.6) is 0 Å². The minimum atomic E-state index is -0.514. The van der Waals surface area contributed by atoms with Gasteiger partial charge in [0.15, 0.2) is 0 Å². The van der Waals surface area contributed by atoms with E-state index in [1.165, 1.54) is 6.07 Å². The summed E-state index contributed by atoms with van der Waals surface area (Å²) in [5.41, 5.74) is 1.90. The maximum Gasteiger partial charge on any atom is 0.254 e. The fourth-order valence-electron chi connectivity index (χ4n) is 5.14. The van der Waals surface area contributed by atoms with Crippen LogP contribution in [0.2, 0.25) is 0 Å². The zero-order valence-corrected chi connectivity index (χ0v) is 20.4. The Hall–Kier alpha value is -3.23. The number of hydrogen-bond acceptors (Lipinski definition) is 5. The molecule has 0 spiro atoms. The smallest absolute Gasteiger partial charge is 0.254 e. The molecule has 1 fully saturated rings. The van der Waals surface area contributed by atoms with Gasteiger partial charge in [-0.15, -0.1) is 11.3 Å². The van der Waals surface area contributed by atoms with E-state index < -0.39 is 12.0 Å².